The normalized spacial score (nSPS) is 11.0. The average molecular weight is 540 g/mol. The van der Waals surface area contributed by atoms with Gasteiger partial charge in [-0.15, -0.1) is 11.3 Å². The van der Waals surface area contributed by atoms with Crippen molar-refractivity contribution in [1.82, 2.24) is 4.98 Å². The number of nitrogens with one attached hydrogen (secondary N) is 1. The molecule has 0 aliphatic heterocycles. The maximum atomic E-state index is 12.8. The van der Waals surface area contributed by atoms with Crippen molar-refractivity contribution in [2.75, 3.05) is 25.1 Å². The van der Waals surface area contributed by atoms with Gasteiger partial charge in [0.1, 0.15) is 30.6 Å². The molecule has 7 nitrogen and oxygen atoms in total. The van der Waals surface area contributed by atoms with Crippen LogP contribution in [0.1, 0.15) is 23.6 Å². The highest BCUT2D eigenvalue weighted by molar-refractivity contribution is 7.14. The van der Waals surface area contributed by atoms with Gasteiger partial charge in [-0.2, -0.15) is 5.26 Å². The molecule has 39 heavy (non-hydrogen) atoms. The summed E-state index contributed by atoms with van der Waals surface area (Å²) in [6, 6.07) is 23.0. The van der Waals surface area contributed by atoms with E-state index >= 15 is 0 Å². The molecule has 0 fully saturated rings. The number of nitriles is 1. The maximum Gasteiger partial charge on any atom is 0.268 e. The number of ether oxygens (including phenoxy) is 3. The van der Waals surface area contributed by atoms with E-state index in [9.17, 15) is 10.1 Å². The van der Waals surface area contributed by atoms with Gasteiger partial charge < -0.3 is 14.2 Å². The van der Waals surface area contributed by atoms with E-state index in [1.807, 2.05) is 80.8 Å². The summed E-state index contributed by atoms with van der Waals surface area (Å²) in [5, 5.41) is 14.7. The largest absolute Gasteiger partial charge is 0.490 e. The van der Waals surface area contributed by atoms with Gasteiger partial charge >= 0.3 is 0 Å². The Bertz CT molecular complexity index is 1510. The summed E-state index contributed by atoms with van der Waals surface area (Å²) in [4.78, 5) is 17.3. The number of carbonyl (C=O) groups is 1. The number of amides is 1. The molecule has 0 saturated carbocycles. The molecule has 1 aromatic heterocycles. The zero-order valence-corrected chi connectivity index (χ0v) is 22.9. The maximum absolute atomic E-state index is 12.8. The highest BCUT2D eigenvalue weighted by Crippen LogP contribution is 2.30. The fourth-order valence-electron chi connectivity index (χ4n) is 3.72. The predicted molar refractivity (Wildman–Crippen MR) is 154 cm³/mol. The molecule has 1 heterocycles. The van der Waals surface area contributed by atoms with Crippen LogP contribution in [-0.2, 0) is 4.79 Å². The monoisotopic (exact) mass is 539 g/mol. The predicted octanol–water partition coefficient (Wildman–Crippen LogP) is 6.83. The highest BCUT2D eigenvalue weighted by atomic mass is 32.1. The number of aromatic nitrogens is 1. The first-order valence-electron chi connectivity index (χ1n) is 12.5. The van der Waals surface area contributed by atoms with E-state index in [-0.39, 0.29) is 5.57 Å². The molecule has 1 amide bonds. The Morgan fingerprint density at radius 3 is 2.49 bits per heavy atom. The second kappa shape index (κ2) is 13.3. The number of rotatable bonds is 11. The smallest absolute Gasteiger partial charge is 0.268 e. The van der Waals surface area contributed by atoms with Crippen LogP contribution in [-0.4, -0.2) is 30.7 Å². The molecule has 3 aromatic carbocycles. The molecule has 198 valence electrons. The summed E-state index contributed by atoms with van der Waals surface area (Å²) >= 11 is 1.30. The van der Waals surface area contributed by atoms with Crippen molar-refractivity contribution in [3.05, 3.63) is 94.4 Å². The van der Waals surface area contributed by atoms with Gasteiger partial charge in [0, 0.05) is 10.9 Å². The van der Waals surface area contributed by atoms with Gasteiger partial charge in [-0.3, -0.25) is 10.1 Å². The molecule has 4 rings (SSSR count). The number of carbonyl (C=O) groups excluding carboxylic acids is 1. The molecule has 1 N–H and O–H groups in total. The van der Waals surface area contributed by atoms with E-state index in [0.717, 1.165) is 28.1 Å². The van der Waals surface area contributed by atoms with E-state index < -0.39 is 5.91 Å². The summed E-state index contributed by atoms with van der Waals surface area (Å²) in [6.07, 6.45) is 1.51. The van der Waals surface area contributed by atoms with E-state index in [1.54, 1.807) is 18.2 Å². The molecule has 0 bridgehead atoms. The fourth-order valence-corrected chi connectivity index (χ4v) is 4.44. The van der Waals surface area contributed by atoms with Crippen LogP contribution in [0.4, 0.5) is 5.13 Å². The molecule has 0 saturated heterocycles. The van der Waals surface area contributed by atoms with Crippen LogP contribution in [0.2, 0.25) is 0 Å². The molecule has 0 spiro atoms. The van der Waals surface area contributed by atoms with Gasteiger partial charge in [-0.25, -0.2) is 4.98 Å². The van der Waals surface area contributed by atoms with Crippen molar-refractivity contribution in [3.8, 4) is 34.6 Å². The van der Waals surface area contributed by atoms with Crippen LogP contribution < -0.4 is 19.5 Å². The summed E-state index contributed by atoms with van der Waals surface area (Å²) in [7, 11) is 0. The van der Waals surface area contributed by atoms with Gasteiger partial charge in [0.25, 0.3) is 5.91 Å². The minimum atomic E-state index is -0.534. The first-order chi connectivity index (χ1) is 19.0. The van der Waals surface area contributed by atoms with Crippen LogP contribution in [0, 0.1) is 25.2 Å². The molecule has 0 aliphatic carbocycles. The number of nitrogens with zero attached hydrogens (tertiary/aromatic N) is 2. The topological polar surface area (TPSA) is 93.5 Å². The van der Waals surface area contributed by atoms with Gasteiger partial charge in [-0.1, -0.05) is 48.5 Å². The summed E-state index contributed by atoms with van der Waals surface area (Å²) in [5.74, 6) is 1.37. The van der Waals surface area contributed by atoms with Crippen molar-refractivity contribution in [1.29, 1.82) is 5.26 Å². The number of benzene rings is 3. The molecule has 8 heteroatoms. The van der Waals surface area contributed by atoms with E-state index in [2.05, 4.69) is 10.3 Å². The molecular weight excluding hydrogens is 510 g/mol. The first kappa shape index (κ1) is 27.4. The Morgan fingerprint density at radius 1 is 0.974 bits per heavy atom. The number of hydrogen-bond donors (Lipinski definition) is 1. The van der Waals surface area contributed by atoms with E-state index in [1.165, 1.54) is 17.4 Å². The second-order valence-electron chi connectivity index (χ2n) is 8.63. The number of aryl methyl sites for hydroxylation is 2. The third-order valence-electron chi connectivity index (χ3n) is 5.68. The number of thiazole rings is 1. The highest BCUT2D eigenvalue weighted by Gasteiger charge is 2.14. The number of hydrogen-bond acceptors (Lipinski definition) is 7. The second-order valence-corrected chi connectivity index (χ2v) is 9.49. The Balaban J connectivity index is 1.41. The van der Waals surface area contributed by atoms with Crippen LogP contribution >= 0.6 is 11.3 Å². The first-order valence-corrected chi connectivity index (χ1v) is 13.4. The number of anilines is 1. The van der Waals surface area contributed by atoms with E-state index in [4.69, 9.17) is 14.2 Å². The van der Waals surface area contributed by atoms with Gasteiger partial charge in [-0.05, 0) is 61.7 Å². The zero-order chi connectivity index (χ0) is 27.6. The summed E-state index contributed by atoms with van der Waals surface area (Å²) < 4.78 is 17.5. The van der Waals surface area contributed by atoms with Crippen LogP contribution in [0.15, 0.2) is 77.7 Å². The quantitative estimate of drug-likeness (QED) is 0.128. The molecule has 0 radical (unpaired) electrons. The standard InChI is InChI=1S/C31H29N3O4S/c1-4-36-29-18-23(12-13-27(29)37-14-15-38-28-16-21(2)10-11-22(28)3)17-25(19-32)30(35)34-31-33-26(20-39-31)24-8-6-5-7-9-24/h5-13,16-18,20H,4,14-15H2,1-3H3,(H,33,34,35)/b25-17-. The molecule has 4 aromatic rings. The minimum Gasteiger partial charge on any atom is -0.490 e. The Morgan fingerprint density at radius 2 is 1.74 bits per heavy atom. The Labute approximate surface area is 232 Å². The van der Waals surface area contributed by atoms with Crippen molar-refractivity contribution >= 4 is 28.5 Å². The third-order valence-corrected chi connectivity index (χ3v) is 6.44. The van der Waals surface area contributed by atoms with Crippen molar-refractivity contribution < 1.29 is 19.0 Å². The molecular formula is C31H29N3O4S. The summed E-state index contributed by atoms with van der Waals surface area (Å²) in [5.41, 5.74) is 4.49. The SMILES string of the molecule is CCOc1cc(/C=C(/C#N)C(=O)Nc2nc(-c3ccccc3)cs2)ccc1OCCOc1cc(C)ccc1C. The minimum absolute atomic E-state index is 0.0514. The Hall–Kier alpha value is -4.61. The molecule has 0 unspecified atom stereocenters. The van der Waals surface area contributed by atoms with Crippen LogP contribution in [0.5, 0.6) is 17.2 Å². The van der Waals surface area contributed by atoms with Gasteiger partial charge in [0.2, 0.25) is 0 Å². The van der Waals surface area contributed by atoms with Crippen LogP contribution in [0.3, 0.4) is 0 Å². The molecule has 0 atom stereocenters. The van der Waals surface area contributed by atoms with Crippen molar-refractivity contribution in [3.63, 3.8) is 0 Å². The zero-order valence-electron chi connectivity index (χ0n) is 22.1. The Kier molecular flexibility index (Phi) is 9.33. The average Bonchev–Trinajstić information content (AvgIpc) is 3.41. The third kappa shape index (κ3) is 7.46. The lowest BCUT2D eigenvalue weighted by molar-refractivity contribution is -0.112. The lowest BCUT2D eigenvalue weighted by atomic mass is 10.1. The van der Waals surface area contributed by atoms with Crippen molar-refractivity contribution in [2.24, 2.45) is 0 Å². The summed E-state index contributed by atoms with van der Waals surface area (Å²) in [6.45, 7) is 7.04. The fraction of sp³-hybridized carbons (Fsp3) is 0.194. The molecule has 0 aliphatic rings. The van der Waals surface area contributed by atoms with E-state index in [0.29, 0.717) is 42.0 Å². The lowest BCUT2D eigenvalue weighted by Gasteiger charge is -2.14. The lowest BCUT2D eigenvalue weighted by Crippen LogP contribution is -2.13. The van der Waals surface area contributed by atoms with Crippen molar-refractivity contribution in [2.45, 2.75) is 20.8 Å². The van der Waals surface area contributed by atoms with Gasteiger partial charge in [0.05, 0.1) is 12.3 Å². The van der Waals surface area contributed by atoms with Gasteiger partial charge in [0.15, 0.2) is 16.6 Å². The van der Waals surface area contributed by atoms with Crippen LogP contribution in [0.25, 0.3) is 17.3 Å².